The van der Waals surface area contributed by atoms with E-state index in [1.807, 2.05) is 56.5 Å². The quantitative estimate of drug-likeness (QED) is 0.317. The lowest BCUT2D eigenvalue weighted by molar-refractivity contribution is -0.121. The summed E-state index contributed by atoms with van der Waals surface area (Å²) in [6.45, 7) is 1.17. The van der Waals surface area contributed by atoms with Crippen molar-refractivity contribution >= 4 is 5.78 Å². The molecule has 10 nitrogen and oxygen atoms in total. The second-order valence-electron chi connectivity index (χ2n) is 8.79. The molecule has 4 aromatic rings. The molecule has 0 amide bonds. The Morgan fingerprint density at radius 3 is 2.58 bits per heavy atom. The maximum absolute atomic E-state index is 12.4. The number of benzene rings is 1. The molecule has 0 radical (unpaired) electrons. The molecule has 0 fully saturated rings. The zero-order chi connectivity index (χ0) is 25.5. The molecular formula is C26H29N7O3. The number of ketones is 1. The molecular weight excluding hydrogens is 458 g/mol. The summed E-state index contributed by atoms with van der Waals surface area (Å²) in [5, 5.41) is 8.67. The van der Waals surface area contributed by atoms with Gasteiger partial charge in [0.05, 0.1) is 30.8 Å². The molecule has 0 aliphatic rings. The average molecular weight is 488 g/mol. The van der Waals surface area contributed by atoms with E-state index in [0.717, 1.165) is 29.7 Å². The average Bonchev–Trinajstić information content (AvgIpc) is 3.30. The second kappa shape index (κ2) is 11.5. The van der Waals surface area contributed by atoms with Crippen LogP contribution in [-0.4, -0.2) is 67.5 Å². The van der Waals surface area contributed by atoms with Gasteiger partial charge in [0.1, 0.15) is 6.61 Å². The lowest BCUT2D eigenvalue weighted by atomic mass is 10.1. The minimum Gasteiger partial charge on any atom is -0.483 e. The van der Waals surface area contributed by atoms with Crippen molar-refractivity contribution in [1.29, 1.82) is 0 Å². The fourth-order valence-electron chi connectivity index (χ4n) is 3.62. The predicted molar refractivity (Wildman–Crippen MR) is 136 cm³/mol. The van der Waals surface area contributed by atoms with E-state index in [9.17, 15) is 9.59 Å². The minimum atomic E-state index is -0.193. The Labute approximate surface area is 209 Å². The van der Waals surface area contributed by atoms with Crippen molar-refractivity contribution in [2.75, 3.05) is 27.2 Å². The van der Waals surface area contributed by atoms with Crippen LogP contribution in [0.2, 0.25) is 0 Å². The highest BCUT2D eigenvalue weighted by atomic mass is 16.5. The number of carbonyl (C=O) groups is 1. The van der Waals surface area contributed by atoms with Crippen molar-refractivity contribution in [3.63, 3.8) is 0 Å². The van der Waals surface area contributed by atoms with Crippen LogP contribution >= 0.6 is 0 Å². The summed E-state index contributed by atoms with van der Waals surface area (Å²) in [5.74, 6) is 1.01. The summed E-state index contributed by atoms with van der Waals surface area (Å²) < 4.78 is 8.66. The van der Waals surface area contributed by atoms with Gasteiger partial charge >= 0.3 is 0 Å². The Hall–Kier alpha value is -4.18. The third kappa shape index (κ3) is 6.70. The van der Waals surface area contributed by atoms with E-state index in [1.54, 1.807) is 29.3 Å². The van der Waals surface area contributed by atoms with Gasteiger partial charge in [-0.1, -0.05) is 18.2 Å². The van der Waals surface area contributed by atoms with Gasteiger partial charge in [-0.05, 0) is 44.8 Å². The summed E-state index contributed by atoms with van der Waals surface area (Å²) in [7, 11) is 5.79. The van der Waals surface area contributed by atoms with Crippen molar-refractivity contribution in [3.8, 4) is 28.4 Å². The summed E-state index contributed by atoms with van der Waals surface area (Å²) in [4.78, 5) is 35.2. The van der Waals surface area contributed by atoms with Crippen LogP contribution in [0.15, 0.2) is 66.0 Å². The van der Waals surface area contributed by atoms with Gasteiger partial charge < -0.3 is 9.64 Å². The number of hydrogen-bond acceptors (Lipinski definition) is 8. The highest BCUT2D eigenvalue weighted by Crippen LogP contribution is 2.19. The number of carbonyl (C=O) groups excluding carboxylic acids is 1. The molecule has 0 N–H and O–H groups in total. The van der Waals surface area contributed by atoms with Crippen LogP contribution in [0, 0.1) is 0 Å². The Balaban J connectivity index is 1.41. The summed E-state index contributed by atoms with van der Waals surface area (Å²) in [6, 6.07) is 10.8. The van der Waals surface area contributed by atoms with Crippen LogP contribution in [0.4, 0.5) is 0 Å². The molecule has 0 saturated heterocycles. The van der Waals surface area contributed by atoms with E-state index in [4.69, 9.17) is 4.74 Å². The lowest BCUT2D eigenvalue weighted by Gasteiger charge is -2.09. The Morgan fingerprint density at radius 2 is 1.86 bits per heavy atom. The first-order valence-electron chi connectivity index (χ1n) is 11.6. The topological polar surface area (TPSA) is 108 Å². The van der Waals surface area contributed by atoms with E-state index in [-0.39, 0.29) is 17.9 Å². The SMILES string of the molecule is CN(C)CCCC(=O)COc1cnc(-c2cccc(Cn3nc(-c4cnn(C)c4)ccc3=O)c2)nc1. The number of rotatable bonds is 11. The number of nitrogens with zero attached hydrogens (tertiary/aromatic N) is 7. The van der Waals surface area contributed by atoms with Gasteiger partial charge in [0.2, 0.25) is 0 Å². The standard InChI is InChI=1S/C26H29N7O3/c1-31(2)11-5-8-22(34)18-36-23-14-27-26(28-15-23)20-7-4-6-19(12-20)16-33-25(35)10-9-24(30-33)21-13-29-32(3)17-21/h4,6-7,9-10,12-15,17H,5,8,11,16,18H2,1-3H3. The van der Waals surface area contributed by atoms with E-state index >= 15 is 0 Å². The Bertz CT molecular complexity index is 1380. The van der Waals surface area contributed by atoms with Crippen molar-refractivity contribution < 1.29 is 9.53 Å². The third-order valence-corrected chi connectivity index (χ3v) is 5.47. The van der Waals surface area contributed by atoms with E-state index in [2.05, 4.69) is 20.2 Å². The van der Waals surface area contributed by atoms with Gasteiger partial charge in [-0.15, -0.1) is 0 Å². The van der Waals surface area contributed by atoms with Crippen LogP contribution in [0.3, 0.4) is 0 Å². The molecule has 0 saturated carbocycles. The maximum Gasteiger partial charge on any atom is 0.267 e. The molecule has 0 spiro atoms. The molecule has 3 aromatic heterocycles. The maximum atomic E-state index is 12.4. The van der Waals surface area contributed by atoms with Gasteiger partial charge in [-0.25, -0.2) is 14.6 Å². The van der Waals surface area contributed by atoms with Gasteiger partial charge in [0.25, 0.3) is 5.56 Å². The summed E-state index contributed by atoms with van der Waals surface area (Å²) >= 11 is 0. The Morgan fingerprint density at radius 1 is 1.06 bits per heavy atom. The van der Waals surface area contributed by atoms with Crippen LogP contribution in [0.5, 0.6) is 5.75 Å². The molecule has 36 heavy (non-hydrogen) atoms. The molecule has 0 aliphatic carbocycles. The van der Waals surface area contributed by atoms with Gasteiger partial charge in [0, 0.05) is 36.9 Å². The first kappa shape index (κ1) is 24.9. The first-order valence-corrected chi connectivity index (χ1v) is 11.6. The molecule has 1 aromatic carbocycles. The molecule has 186 valence electrons. The molecule has 0 atom stereocenters. The van der Waals surface area contributed by atoms with Crippen molar-refractivity contribution in [1.82, 2.24) is 34.4 Å². The van der Waals surface area contributed by atoms with Crippen LogP contribution in [0.1, 0.15) is 18.4 Å². The number of Topliss-reactive ketones (excluding diaryl/α,β-unsaturated/α-hetero) is 1. The molecule has 3 heterocycles. The fraction of sp³-hybridized carbons (Fsp3) is 0.308. The van der Waals surface area contributed by atoms with Crippen molar-refractivity contribution in [2.45, 2.75) is 19.4 Å². The summed E-state index contributed by atoms with van der Waals surface area (Å²) in [6.07, 6.45) is 7.97. The fourth-order valence-corrected chi connectivity index (χ4v) is 3.62. The van der Waals surface area contributed by atoms with Crippen LogP contribution in [-0.2, 0) is 18.4 Å². The third-order valence-electron chi connectivity index (χ3n) is 5.47. The molecule has 0 aliphatic heterocycles. The van der Waals surface area contributed by atoms with E-state index in [0.29, 0.717) is 30.2 Å². The van der Waals surface area contributed by atoms with Gasteiger partial charge in [-0.3, -0.25) is 14.3 Å². The van der Waals surface area contributed by atoms with Gasteiger partial charge in [0.15, 0.2) is 17.4 Å². The number of ether oxygens (including phenoxy) is 1. The highest BCUT2D eigenvalue weighted by Gasteiger charge is 2.09. The van der Waals surface area contributed by atoms with E-state index < -0.39 is 0 Å². The number of hydrogen-bond donors (Lipinski definition) is 0. The molecule has 0 bridgehead atoms. The largest absolute Gasteiger partial charge is 0.483 e. The van der Waals surface area contributed by atoms with Crippen LogP contribution < -0.4 is 10.3 Å². The summed E-state index contributed by atoms with van der Waals surface area (Å²) in [5.41, 5.74) is 3.01. The molecule has 4 rings (SSSR count). The predicted octanol–water partition coefficient (Wildman–Crippen LogP) is 2.44. The first-order chi connectivity index (χ1) is 17.4. The Kier molecular flexibility index (Phi) is 7.96. The number of aryl methyl sites for hydroxylation is 1. The number of aromatic nitrogens is 6. The highest BCUT2D eigenvalue weighted by molar-refractivity contribution is 5.79. The minimum absolute atomic E-state index is 0.00544. The zero-order valence-electron chi connectivity index (χ0n) is 20.7. The zero-order valence-corrected chi connectivity index (χ0v) is 20.7. The monoisotopic (exact) mass is 487 g/mol. The van der Waals surface area contributed by atoms with E-state index in [1.165, 1.54) is 10.7 Å². The van der Waals surface area contributed by atoms with Crippen LogP contribution in [0.25, 0.3) is 22.6 Å². The molecule has 10 heteroatoms. The van der Waals surface area contributed by atoms with Gasteiger partial charge in [-0.2, -0.15) is 10.2 Å². The smallest absolute Gasteiger partial charge is 0.267 e. The normalized spacial score (nSPS) is 11.1. The molecule has 0 unspecified atom stereocenters. The van der Waals surface area contributed by atoms with Crippen molar-refractivity contribution in [3.05, 3.63) is 77.1 Å². The van der Waals surface area contributed by atoms with Crippen molar-refractivity contribution in [2.24, 2.45) is 7.05 Å². The lowest BCUT2D eigenvalue weighted by Crippen LogP contribution is -2.22. The second-order valence-corrected chi connectivity index (χ2v) is 8.79.